The molecule has 0 unspecified atom stereocenters. The van der Waals surface area contributed by atoms with Crippen LogP contribution in [0.25, 0.3) is 33.4 Å². The number of nitrogens with zero attached hydrogens (tertiary/aromatic N) is 2. The molecule has 4 rings (SSSR count). The standard InChI is InChI=1S/C25H27N2O/c1-6-17-7-9-18(10-8-17)25-21-13-11-19(26(2)3)15-23(21)28-24-16-20(27(4)5)12-14-22(24)25/h7-16H,6H2,1-5H3/q+1. The summed E-state index contributed by atoms with van der Waals surface area (Å²) in [6.45, 7) is 2.19. The first-order chi connectivity index (χ1) is 13.5. The monoisotopic (exact) mass is 371 g/mol. The first-order valence-electron chi connectivity index (χ1n) is 9.75. The van der Waals surface area contributed by atoms with Crippen LogP contribution in [0.3, 0.4) is 0 Å². The highest BCUT2D eigenvalue weighted by Crippen LogP contribution is 2.40. The van der Waals surface area contributed by atoms with Crippen LogP contribution in [0.15, 0.2) is 65.1 Å². The molecule has 0 saturated heterocycles. The van der Waals surface area contributed by atoms with E-state index in [-0.39, 0.29) is 0 Å². The summed E-state index contributed by atoms with van der Waals surface area (Å²) in [6, 6.07) is 21.8. The van der Waals surface area contributed by atoms with Crippen molar-refractivity contribution in [1.29, 1.82) is 0 Å². The summed E-state index contributed by atoms with van der Waals surface area (Å²) in [5.74, 6) is 0.907. The Hall–Kier alpha value is -3.07. The molecular weight excluding hydrogens is 344 g/mol. The average Bonchev–Trinajstić information content (AvgIpc) is 2.71. The van der Waals surface area contributed by atoms with E-state index in [2.05, 4.69) is 105 Å². The lowest BCUT2D eigenvalue weighted by molar-refractivity contribution is 0.617. The summed E-state index contributed by atoms with van der Waals surface area (Å²) in [6.07, 6.45) is 1.05. The van der Waals surface area contributed by atoms with E-state index < -0.39 is 0 Å². The summed E-state index contributed by atoms with van der Waals surface area (Å²) in [5, 5.41) is 2.27. The minimum absolute atomic E-state index is 0.907. The molecule has 0 amide bonds. The van der Waals surface area contributed by atoms with Crippen LogP contribution in [0.4, 0.5) is 5.69 Å². The maximum atomic E-state index is 6.38. The maximum Gasteiger partial charge on any atom is 0.203 e. The van der Waals surface area contributed by atoms with Gasteiger partial charge in [-0.1, -0.05) is 31.2 Å². The molecule has 2 aromatic carbocycles. The highest BCUT2D eigenvalue weighted by molar-refractivity contribution is 6.02. The number of anilines is 1. The number of hydrogen-bond acceptors (Lipinski definition) is 2. The molecule has 1 aliphatic heterocycles. The summed E-state index contributed by atoms with van der Waals surface area (Å²) in [5.41, 5.74) is 6.98. The van der Waals surface area contributed by atoms with Crippen molar-refractivity contribution >= 4 is 16.7 Å². The van der Waals surface area contributed by atoms with E-state index in [1.807, 2.05) is 0 Å². The highest BCUT2D eigenvalue weighted by atomic mass is 16.3. The van der Waals surface area contributed by atoms with Crippen molar-refractivity contribution in [3.05, 3.63) is 71.6 Å². The van der Waals surface area contributed by atoms with Gasteiger partial charge in [-0.2, -0.15) is 0 Å². The topological polar surface area (TPSA) is 19.4 Å². The molecule has 142 valence electrons. The largest absolute Gasteiger partial charge is 0.456 e. The number of hydrogen-bond donors (Lipinski definition) is 0. The van der Waals surface area contributed by atoms with E-state index in [0.29, 0.717) is 0 Å². The second-order valence-corrected chi connectivity index (χ2v) is 7.68. The molecule has 2 aliphatic rings. The molecule has 0 saturated carbocycles. The van der Waals surface area contributed by atoms with Crippen LogP contribution in [0.1, 0.15) is 12.5 Å². The number of benzene rings is 3. The summed E-state index contributed by atoms with van der Waals surface area (Å²) < 4.78 is 8.48. The zero-order chi connectivity index (χ0) is 19.8. The van der Waals surface area contributed by atoms with Crippen molar-refractivity contribution < 1.29 is 4.42 Å². The zero-order valence-corrected chi connectivity index (χ0v) is 17.3. The molecule has 2 aromatic rings. The Labute approximate surface area is 166 Å². The third-order valence-corrected chi connectivity index (χ3v) is 5.37. The van der Waals surface area contributed by atoms with E-state index in [9.17, 15) is 0 Å². The second-order valence-electron chi connectivity index (χ2n) is 7.68. The smallest absolute Gasteiger partial charge is 0.203 e. The molecule has 3 nitrogen and oxygen atoms in total. The first kappa shape index (κ1) is 18.3. The maximum absolute atomic E-state index is 6.38. The highest BCUT2D eigenvalue weighted by Gasteiger charge is 2.18. The minimum atomic E-state index is 0.907. The van der Waals surface area contributed by atoms with Crippen molar-refractivity contribution in [2.75, 3.05) is 33.1 Å². The van der Waals surface area contributed by atoms with Crippen LogP contribution in [0.2, 0.25) is 0 Å². The second kappa shape index (κ2) is 7.16. The molecule has 0 atom stereocenters. The minimum Gasteiger partial charge on any atom is -0.456 e. The molecule has 0 fully saturated rings. The Morgan fingerprint density at radius 3 is 2.29 bits per heavy atom. The van der Waals surface area contributed by atoms with Crippen LogP contribution in [0.5, 0.6) is 0 Å². The number of fused-ring (bicyclic) bond motifs is 2. The van der Waals surface area contributed by atoms with E-state index in [0.717, 1.165) is 39.8 Å². The predicted molar refractivity (Wildman–Crippen MR) is 119 cm³/mol. The zero-order valence-electron chi connectivity index (χ0n) is 17.3. The normalized spacial score (nSPS) is 11.2. The molecule has 3 heteroatoms. The fourth-order valence-electron chi connectivity index (χ4n) is 3.64. The molecule has 0 radical (unpaired) electrons. The molecule has 28 heavy (non-hydrogen) atoms. The Morgan fingerprint density at radius 2 is 1.64 bits per heavy atom. The van der Waals surface area contributed by atoms with Crippen molar-refractivity contribution in [2.45, 2.75) is 13.3 Å². The lowest BCUT2D eigenvalue weighted by Crippen LogP contribution is -2.21. The molecule has 1 aliphatic carbocycles. The Morgan fingerprint density at radius 1 is 0.893 bits per heavy atom. The third-order valence-electron chi connectivity index (χ3n) is 5.37. The van der Waals surface area contributed by atoms with Crippen LogP contribution in [0, 0.1) is 0 Å². The average molecular weight is 372 g/mol. The van der Waals surface area contributed by atoms with Gasteiger partial charge in [0.25, 0.3) is 0 Å². The van der Waals surface area contributed by atoms with Crippen molar-refractivity contribution in [2.24, 2.45) is 0 Å². The van der Waals surface area contributed by atoms with Crippen molar-refractivity contribution in [1.82, 2.24) is 4.58 Å². The van der Waals surface area contributed by atoms with E-state index in [4.69, 9.17) is 4.42 Å². The molecule has 0 bridgehead atoms. The van der Waals surface area contributed by atoms with Crippen LogP contribution < -0.4 is 14.8 Å². The van der Waals surface area contributed by atoms with Gasteiger partial charge in [-0.3, -0.25) is 0 Å². The lowest BCUT2D eigenvalue weighted by Gasteiger charge is -2.18. The molecule has 0 aromatic heterocycles. The molecule has 1 heterocycles. The Kier molecular flexibility index (Phi) is 4.68. The van der Waals surface area contributed by atoms with Gasteiger partial charge in [0.05, 0.1) is 6.07 Å². The Bertz CT molecular complexity index is 1180. The van der Waals surface area contributed by atoms with Crippen LogP contribution in [-0.4, -0.2) is 28.2 Å². The molecular formula is C25H27N2O+. The summed E-state index contributed by atoms with van der Waals surface area (Å²) in [4.78, 5) is 2.10. The van der Waals surface area contributed by atoms with Gasteiger partial charge in [0.1, 0.15) is 25.4 Å². The van der Waals surface area contributed by atoms with Gasteiger partial charge in [0.15, 0.2) is 0 Å². The van der Waals surface area contributed by atoms with E-state index in [1.165, 1.54) is 16.7 Å². The lowest BCUT2D eigenvalue weighted by atomic mass is 9.93. The predicted octanol–water partition coefficient (Wildman–Crippen LogP) is 4.86. The fraction of sp³-hybridized carbons (Fsp3) is 0.240. The van der Waals surface area contributed by atoms with Gasteiger partial charge >= 0.3 is 0 Å². The molecule has 0 N–H and O–H groups in total. The summed E-state index contributed by atoms with van der Waals surface area (Å²) >= 11 is 0. The van der Waals surface area contributed by atoms with Gasteiger partial charge < -0.3 is 9.32 Å². The molecule has 0 spiro atoms. The summed E-state index contributed by atoms with van der Waals surface area (Å²) in [7, 11) is 8.21. The van der Waals surface area contributed by atoms with Gasteiger partial charge in [0, 0.05) is 48.4 Å². The number of aryl methyl sites for hydroxylation is 1. The van der Waals surface area contributed by atoms with E-state index >= 15 is 0 Å². The number of rotatable bonds is 3. The van der Waals surface area contributed by atoms with Crippen LogP contribution >= 0.6 is 0 Å². The van der Waals surface area contributed by atoms with Crippen molar-refractivity contribution in [3.63, 3.8) is 0 Å². The van der Waals surface area contributed by atoms with Gasteiger partial charge in [-0.25, -0.2) is 4.58 Å². The SMILES string of the molecule is CCc1ccc(-c2c3ccc(=[N+](C)C)cc-3oc3cc(N(C)C)ccc23)cc1. The first-order valence-corrected chi connectivity index (χ1v) is 9.75. The third kappa shape index (κ3) is 3.18. The van der Waals surface area contributed by atoms with Gasteiger partial charge in [-0.15, -0.1) is 0 Å². The van der Waals surface area contributed by atoms with Gasteiger partial charge in [0.2, 0.25) is 5.36 Å². The van der Waals surface area contributed by atoms with Crippen molar-refractivity contribution in [3.8, 4) is 22.5 Å². The van der Waals surface area contributed by atoms with Crippen LogP contribution in [-0.2, 0) is 6.42 Å². The Balaban J connectivity index is 2.09. The fourth-order valence-corrected chi connectivity index (χ4v) is 3.64. The quantitative estimate of drug-likeness (QED) is 0.378. The van der Waals surface area contributed by atoms with Gasteiger partial charge in [-0.05, 0) is 35.7 Å². The van der Waals surface area contributed by atoms with E-state index in [1.54, 1.807) is 0 Å².